The van der Waals surface area contributed by atoms with E-state index in [1.54, 1.807) is 18.2 Å². The lowest BCUT2D eigenvalue weighted by molar-refractivity contribution is -0.137. The van der Waals surface area contributed by atoms with Crippen molar-refractivity contribution in [2.45, 2.75) is 6.18 Å². The number of alkyl halides is 3. The molecule has 0 aromatic heterocycles. The van der Waals surface area contributed by atoms with Crippen molar-refractivity contribution < 1.29 is 17.6 Å². The fraction of sp³-hybridized carbons (Fsp3) is 0.0213. The molecule has 0 unspecified atom stereocenters. The van der Waals surface area contributed by atoms with Gasteiger partial charge in [0.1, 0.15) is 5.82 Å². The lowest BCUT2D eigenvalue weighted by atomic mass is 9.82. The van der Waals surface area contributed by atoms with Crippen molar-refractivity contribution in [3.8, 4) is 33.4 Å². The van der Waals surface area contributed by atoms with Crippen molar-refractivity contribution in [2.75, 3.05) is 0 Å². The molecule has 4 heteroatoms. The molecule has 0 saturated carbocycles. The summed E-state index contributed by atoms with van der Waals surface area (Å²) in [5.41, 5.74) is 5.18. The van der Waals surface area contributed by atoms with Gasteiger partial charge >= 0.3 is 6.18 Å². The first kappa shape index (κ1) is 29.6. The van der Waals surface area contributed by atoms with Gasteiger partial charge in [0, 0.05) is 5.39 Å². The highest BCUT2D eigenvalue weighted by molar-refractivity contribution is 6.31. The van der Waals surface area contributed by atoms with E-state index in [1.165, 1.54) is 0 Å². The van der Waals surface area contributed by atoms with E-state index in [-0.39, 0.29) is 5.82 Å². The van der Waals surface area contributed by atoms with Crippen molar-refractivity contribution in [3.05, 3.63) is 169 Å². The maximum atomic E-state index is 14.9. The summed E-state index contributed by atoms with van der Waals surface area (Å²) in [6.45, 7) is 0. The SMILES string of the molecule is Fc1ccc(-c2ccc3ccc4c(-c5c6ccccc6c(-c6ccc(C(F)(F)F)cc6)c6ccccc56)ccc5ccc2c3c54)c2ccccc12. The third-order valence-electron chi connectivity index (χ3n) is 10.5. The molecule has 10 aromatic carbocycles. The van der Waals surface area contributed by atoms with Crippen LogP contribution in [0, 0.1) is 5.82 Å². The predicted molar refractivity (Wildman–Crippen MR) is 204 cm³/mol. The van der Waals surface area contributed by atoms with Crippen molar-refractivity contribution in [1.29, 1.82) is 0 Å². The van der Waals surface area contributed by atoms with Crippen molar-refractivity contribution in [1.82, 2.24) is 0 Å². The molecule has 10 rings (SSSR count). The molecule has 0 radical (unpaired) electrons. The standard InChI is InChI=1S/C47H26F4/c48-42-26-25-32(31-7-1-2-8-34(31)42)33-21-15-28-17-23-40-41(24-18-29-16-22-39(33)44(28)45(29)40)46-37-11-5-3-9-35(37)43(36-10-4-6-12-38(36)46)27-13-19-30(20-14-27)47(49,50)51/h1-26H. The summed E-state index contributed by atoms with van der Waals surface area (Å²) in [4.78, 5) is 0. The van der Waals surface area contributed by atoms with Gasteiger partial charge in [-0.2, -0.15) is 13.2 Å². The van der Waals surface area contributed by atoms with Gasteiger partial charge in [0.05, 0.1) is 5.56 Å². The van der Waals surface area contributed by atoms with Gasteiger partial charge in [-0.3, -0.25) is 0 Å². The lowest BCUT2D eigenvalue weighted by Crippen LogP contribution is -2.04. The number of benzene rings is 10. The topological polar surface area (TPSA) is 0 Å². The molecule has 0 spiro atoms. The normalized spacial score (nSPS) is 12.3. The van der Waals surface area contributed by atoms with Crippen LogP contribution in [0.4, 0.5) is 17.6 Å². The molecular weight excluding hydrogens is 641 g/mol. The van der Waals surface area contributed by atoms with Crippen LogP contribution >= 0.6 is 0 Å². The van der Waals surface area contributed by atoms with Gasteiger partial charge in [0.15, 0.2) is 0 Å². The molecule has 0 aliphatic carbocycles. The summed E-state index contributed by atoms with van der Waals surface area (Å²) in [5, 5.41) is 12.3. The average Bonchev–Trinajstić information content (AvgIpc) is 3.16. The number of halogens is 4. The zero-order chi connectivity index (χ0) is 34.4. The molecule has 0 amide bonds. The zero-order valence-electron chi connectivity index (χ0n) is 27.0. The molecule has 0 bridgehead atoms. The van der Waals surface area contributed by atoms with Gasteiger partial charge in [0.2, 0.25) is 0 Å². The molecule has 10 aromatic rings. The molecule has 0 aliphatic heterocycles. The lowest BCUT2D eigenvalue weighted by Gasteiger charge is -2.21. The van der Waals surface area contributed by atoms with E-state index >= 15 is 0 Å². The van der Waals surface area contributed by atoms with Crippen LogP contribution in [0.1, 0.15) is 5.56 Å². The second-order valence-electron chi connectivity index (χ2n) is 13.2. The largest absolute Gasteiger partial charge is 0.416 e. The summed E-state index contributed by atoms with van der Waals surface area (Å²) in [5.74, 6) is -0.236. The van der Waals surface area contributed by atoms with Crippen molar-refractivity contribution in [3.63, 3.8) is 0 Å². The first-order valence-electron chi connectivity index (χ1n) is 16.9. The van der Waals surface area contributed by atoms with Crippen LogP contribution in [0.25, 0.3) is 98.0 Å². The first-order chi connectivity index (χ1) is 24.9. The van der Waals surface area contributed by atoms with E-state index in [9.17, 15) is 17.6 Å². The third kappa shape index (κ3) is 4.39. The molecule has 0 fully saturated rings. The maximum Gasteiger partial charge on any atom is 0.416 e. The van der Waals surface area contributed by atoms with Crippen molar-refractivity contribution >= 4 is 64.6 Å². The first-order valence-corrected chi connectivity index (χ1v) is 16.9. The Balaban J connectivity index is 1.27. The molecule has 0 heterocycles. The van der Waals surface area contributed by atoms with Crippen LogP contribution in [0.3, 0.4) is 0 Å². The van der Waals surface area contributed by atoms with Gasteiger partial charge in [-0.05, 0) is 111 Å². The second kappa shape index (κ2) is 10.9. The Morgan fingerprint density at radius 3 is 1.33 bits per heavy atom. The molecule has 0 saturated heterocycles. The fourth-order valence-corrected chi connectivity index (χ4v) is 8.31. The summed E-state index contributed by atoms with van der Waals surface area (Å²) in [6, 6.07) is 50.3. The summed E-state index contributed by atoms with van der Waals surface area (Å²) in [6.07, 6.45) is -4.41. The Bertz CT molecular complexity index is 2950. The van der Waals surface area contributed by atoms with Gasteiger partial charge in [-0.1, -0.05) is 140 Å². The van der Waals surface area contributed by atoms with Crippen molar-refractivity contribution in [2.24, 2.45) is 0 Å². The van der Waals surface area contributed by atoms with Crippen LogP contribution in [-0.4, -0.2) is 0 Å². The van der Waals surface area contributed by atoms with Gasteiger partial charge < -0.3 is 0 Å². The quantitative estimate of drug-likeness (QED) is 0.100. The smallest absolute Gasteiger partial charge is 0.206 e. The number of rotatable bonds is 3. The van der Waals surface area contributed by atoms with E-state index in [1.807, 2.05) is 54.6 Å². The molecule has 0 N–H and O–H groups in total. The Labute approximate surface area is 290 Å². The minimum absolute atomic E-state index is 0.236. The van der Waals surface area contributed by atoms with Gasteiger partial charge in [0.25, 0.3) is 0 Å². The van der Waals surface area contributed by atoms with Crippen LogP contribution in [0.2, 0.25) is 0 Å². The molecule has 51 heavy (non-hydrogen) atoms. The Morgan fingerprint density at radius 2 is 0.765 bits per heavy atom. The molecular formula is C47H26F4. The van der Waals surface area contributed by atoms with Crippen LogP contribution in [-0.2, 0) is 6.18 Å². The fourth-order valence-electron chi connectivity index (χ4n) is 8.31. The highest BCUT2D eigenvalue weighted by Crippen LogP contribution is 2.48. The monoisotopic (exact) mass is 666 g/mol. The highest BCUT2D eigenvalue weighted by Gasteiger charge is 2.30. The molecule has 0 aliphatic rings. The number of hydrogen-bond acceptors (Lipinski definition) is 0. The zero-order valence-corrected chi connectivity index (χ0v) is 27.0. The molecule has 242 valence electrons. The predicted octanol–water partition coefficient (Wildman–Crippen LogP) is 14.2. The minimum atomic E-state index is -4.41. The van der Waals surface area contributed by atoms with E-state index in [0.29, 0.717) is 5.39 Å². The van der Waals surface area contributed by atoms with E-state index in [2.05, 4.69) is 72.8 Å². The Hall–Kier alpha value is -6.26. The van der Waals surface area contributed by atoms with Gasteiger partial charge in [-0.25, -0.2) is 4.39 Å². The number of hydrogen-bond donors (Lipinski definition) is 0. The average molecular weight is 667 g/mol. The molecule has 0 atom stereocenters. The van der Waals surface area contributed by atoms with Crippen LogP contribution < -0.4 is 0 Å². The van der Waals surface area contributed by atoms with E-state index in [0.717, 1.165) is 105 Å². The maximum absolute atomic E-state index is 14.9. The van der Waals surface area contributed by atoms with E-state index < -0.39 is 11.7 Å². The minimum Gasteiger partial charge on any atom is -0.206 e. The van der Waals surface area contributed by atoms with Crippen LogP contribution in [0.15, 0.2) is 158 Å². The Kier molecular flexibility index (Phi) is 6.32. The van der Waals surface area contributed by atoms with Crippen LogP contribution in [0.5, 0.6) is 0 Å². The second-order valence-corrected chi connectivity index (χ2v) is 13.2. The van der Waals surface area contributed by atoms with Gasteiger partial charge in [-0.15, -0.1) is 0 Å². The number of fused-ring (bicyclic) bond motifs is 3. The summed E-state index contributed by atoms with van der Waals surface area (Å²) >= 11 is 0. The third-order valence-corrected chi connectivity index (χ3v) is 10.5. The summed E-state index contributed by atoms with van der Waals surface area (Å²) in [7, 11) is 0. The highest BCUT2D eigenvalue weighted by atomic mass is 19.4. The summed E-state index contributed by atoms with van der Waals surface area (Å²) < 4.78 is 55.4. The Morgan fingerprint density at radius 1 is 0.333 bits per heavy atom. The van der Waals surface area contributed by atoms with E-state index in [4.69, 9.17) is 0 Å². The molecule has 0 nitrogen and oxygen atoms in total.